The molecule has 0 amide bonds. The second kappa shape index (κ2) is 5.76. The Hall–Kier alpha value is -0.820. The van der Waals surface area contributed by atoms with E-state index in [-0.39, 0.29) is 11.8 Å². The van der Waals surface area contributed by atoms with Crippen molar-refractivity contribution in [1.82, 2.24) is 9.88 Å². The molecule has 1 fully saturated rings. The Morgan fingerprint density at radius 1 is 1.43 bits per heavy atom. The van der Waals surface area contributed by atoms with Crippen LogP contribution in [0.2, 0.25) is 0 Å². The maximum Gasteiger partial charge on any atom is 0.212 e. The van der Waals surface area contributed by atoms with Gasteiger partial charge in [0.05, 0.1) is 11.2 Å². The average molecular weight is 308 g/mol. The number of rotatable bonds is 2. The summed E-state index contributed by atoms with van der Waals surface area (Å²) in [6.45, 7) is 1.88. The Morgan fingerprint density at radius 3 is 3.05 bits per heavy atom. The molecule has 3 rings (SSSR count). The molecule has 0 spiro atoms. The van der Waals surface area contributed by atoms with Crippen LogP contribution in [0.3, 0.4) is 0 Å². The van der Waals surface area contributed by atoms with E-state index >= 15 is 0 Å². The van der Waals surface area contributed by atoms with Crippen LogP contribution in [0.1, 0.15) is 52.5 Å². The minimum atomic E-state index is -0.928. The van der Waals surface area contributed by atoms with Crippen molar-refractivity contribution in [2.45, 2.75) is 56.7 Å². The molecule has 2 unspecified atom stereocenters. The highest BCUT2D eigenvalue weighted by atomic mass is 32.1. The van der Waals surface area contributed by atoms with E-state index in [0.29, 0.717) is 11.4 Å². The molecule has 1 saturated carbocycles. The Bertz CT molecular complexity index is 544. The predicted octanol–water partition coefficient (Wildman–Crippen LogP) is 1.30. The lowest BCUT2D eigenvalue weighted by Crippen LogP contribution is -2.60. The van der Waals surface area contributed by atoms with E-state index in [1.807, 2.05) is 0 Å². The number of nitrogens with zero attached hydrogens (tertiary/aromatic N) is 2. The van der Waals surface area contributed by atoms with Gasteiger partial charge in [-0.15, -0.1) is 11.3 Å². The fourth-order valence-electron chi connectivity index (χ4n) is 3.30. The van der Waals surface area contributed by atoms with Gasteiger partial charge in [-0.3, -0.25) is 4.79 Å². The van der Waals surface area contributed by atoms with Crippen LogP contribution >= 0.6 is 11.3 Å². The van der Waals surface area contributed by atoms with E-state index in [1.54, 1.807) is 0 Å². The summed E-state index contributed by atoms with van der Waals surface area (Å²) in [6.07, 6.45) is 5.57. The van der Waals surface area contributed by atoms with Gasteiger partial charge in [0, 0.05) is 30.4 Å². The van der Waals surface area contributed by atoms with Crippen LogP contribution in [0.25, 0.3) is 0 Å². The maximum absolute atomic E-state index is 12.9. The lowest BCUT2D eigenvalue weighted by atomic mass is 9.83. The molecule has 1 aromatic rings. The molecule has 21 heavy (non-hydrogen) atoms. The summed E-state index contributed by atoms with van der Waals surface area (Å²) >= 11 is 1.51. The molecule has 1 aliphatic carbocycles. The Morgan fingerprint density at radius 2 is 2.24 bits per heavy atom. The number of carbonyl (C=O) groups is 1. The predicted molar refractivity (Wildman–Crippen MR) is 84.5 cm³/mol. The molecule has 2 heterocycles. The number of likely N-dealkylation sites (N-methyl/N-ethyl adjacent to an activating group) is 1. The average Bonchev–Trinajstić information content (AvgIpc) is 2.80. The summed E-state index contributed by atoms with van der Waals surface area (Å²) < 4.78 is 0. The lowest BCUT2D eigenvalue weighted by Gasteiger charge is -2.31. The van der Waals surface area contributed by atoms with Gasteiger partial charge in [0.2, 0.25) is 5.78 Å². The number of nitrogens with two attached hydrogens (primary N) is 2. The highest BCUT2D eigenvalue weighted by Gasteiger charge is 2.42. The molecule has 4 N–H and O–H groups in total. The molecule has 0 bridgehead atoms. The van der Waals surface area contributed by atoms with Gasteiger partial charge in [-0.1, -0.05) is 19.3 Å². The fourth-order valence-corrected chi connectivity index (χ4v) is 4.53. The first-order valence-corrected chi connectivity index (χ1v) is 8.59. The minimum Gasteiger partial charge on any atom is -0.326 e. The molecular weight excluding hydrogens is 284 g/mol. The number of hydrogen-bond donors (Lipinski definition) is 2. The summed E-state index contributed by atoms with van der Waals surface area (Å²) in [5, 5.41) is 0.565. The van der Waals surface area contributed by atoms with Crippen LogP contribution in [-0.2, 0) is 13.0 Å². The first-order chi connectivity index (χ1) is 10.0. The van der Waals surface area contributed by atoms with Gasteiger partial charge in [0.15, 0.2) is 5.01 Å². The smallest absolute Gasteiger partial charge is 0.212 e. The Kier molecular flexibility index (Phi) is 4.14. The van der Waals surface area contributed by atoms with Crippen LogP contribution in [0, 0.1) is 0 Å². The molecule has 0 aromatic carbocycles. The van der Waals surface area contributed by atoms with Crippen LogP contribution < -0.4 is 11.5 Å². The molecular formula is C15H24N4OS. The van der Waals surface area contributed by atoms with E-state index in [1.165, 1.54) is 16.2 Å². The third kappa shape index (κ3) is 2.77. The van der Waals surface area contributed by atoms with Gasteiger partial charge < -0.3 is 16.4 Å². The van der Waals surface area contributed by atoms with Gasteiger partial charge in [0.1, 0.15) is 0 Å². The van der Waals surface area contributed by atoms with E-state index in [0.717, 1.165) is 50.9 Å². The Labute approximate surface area is 129 Å². The van der Waals surface area contributed by atoms with Crippen molar-refractivity contribution in [2.75, 3.05) is 13.6 Å². The molecule has 2 aliphatic rings. The van der Waals surface area contributed by atoms with Gasteiger partial charge in [-0.05, 0) is 19.9 Å². The zero-order chi connectivity index (χ0) is 15.0. The Balaban J connectivity index is 1.87. The van der Waals surface area contributed by atoms with Crippen molar-refractivity contribution in [1.29, 1.82) is 0 Å². The monoisotopic (exact) mass is 308 g/mol. The second-order valence-corrected chi connectivity index (χ2v) is 7.54. The van der Waals surface area contributed by atoms with Crippen LogP contribution in [-0.4, -0.2) is 40.8 Å². The summed E-state index contributed by atoms with van der Waals surface area (Å²) in [7, 11) is 2.09. The van der Waals surface area contributed by atoms with Crippen molar-refractivity contribution >= 4 is 17.1 Å². The largest absolute Gasteiger partial charge is 0.326 e. The molecule has 0 saturated heterocycles. The summed E-state index contributed by atoms with van der Waals surface area (Å²) in [6, 6.07) is -0.254. The topological polar surface area (TPSA) is 85.2 Å². The van der Waals surface area contributed by atoms with E-state index in [2.05, 4.69) is 16.9 Å². The van der Waals surface area contributed by atoms with E-state index in [4.69, 9.17) is 11.5 Å². The molecule has 1 aliphatic heterocycles. The zero-order valence-corrected chi connectivity index (χ0v) is 13.4. The minimum absolute atomic E-state index is 0.0426. The van der Waals surface area contributed by atoms with Crippen molar-refractivity contribution in [3.63, 3.8) is 0 Å². The van der Waals surface area contributed by atoms with Gasteiger partial charge in [-0.2, -0.15) is 0 Å². The van der Waals surface area contributed by atoms with Crippen molar-refractivity contribution in [3.8, 4) is 0 Å². The highest BCUT2D eigenvalue weighted by molar-refractivity contribution is 7.13. The first-order valence-electron chi connectivity index (χ1n) is 7.77. The second-order valence-electron chi connectivity index (χ2n) is 6.45. The number of carbonyl (C=O) groups excluding carboxylic acids is 1. The quantitative estimate of drug-likeness (QED) is 0.635. The van der Waals surface area contributed by atoms with E-state index < -0.39 is 5.54 Å². The molecule has 0 radical (unpaired) electrons. The summed E-state index contributed by atoms with van der Waals surface area (Å²) in [4.78, 5) is 21.0. The molecule has 1 aromatic heterocycles. The standard InChI is InChI=1S/C15H24N4OS/c1-19-8-6-10-11(9-19)21-14(18-10)13(20)15(17)7-4-2-3-5-12(15)16/h12H,2-9,16-17H2,1H3. The number of ketones is 1. The van der Waals surface area contributed by atoms with Crippen molar-refractivity contribution in [2.24, 2.45) is 11.5 Å². The molecule has 2 atom stereocenters. The van der Waals surface area contributed by atoms with Crippen LogP contribution in [0.4, 0.5) is 0 Å². The van der Waals surface area contributed by atoms with Crippen molar-refractivity contribution < 1.29 is 4.79 Å². The maximum atomic E-state index is 12.9. The van der Waals surface area contributed by atoms with E-state index in [9.17, 15) is 4.79 Å². The number of fused-ring (bicyclic) bond motifs is 1. The van der Waals surface area contributed by atoms with Crippen LogP contribution in [0.5, 0.6) is 0 Å². The number of aromatic nitrogens is 1. The third-order valence-corrected chi connectivity index (χ3v) is 5.89. The molecule has 5 nitrogen and oxygen atoms in total. The zero-order valence-electron chi connectivity index (χ0n) is 12.6. The fraction of sp³-hybridized carbons (Fsp3) is 0.733. The molecule has 116 valence electrons. The van der Waals surface area contributed by atoms with Crippen molar-refractivity contribution in [3.05, 3.63) is 15.6 Å². The highest BCUT2D eigenvalue weighted by Crippen LogP contribution is 2.31. The first kappa shape index (κ1) is 15.1. The van der Waals surface area contributed by atoms with Crippen LogP contribution in [0.15, 0.2) is 0 Å². The van der Waals surface area contributed by atoms with Gasteiger partial charge in [-0.25, -0.2) is 4.98 Å². The lowest BCUT2D eigenvalue weighted by molar-refractivity contribution is 0.0854. The SMILES string of the molecule is CN1CCc2nc(C(=O)C3(N)CCCCCC3N)sc2C1. The summed E-state index contributed by atoms with van der Waals surface area (Å²) in [5.74, 6) is -0.0426. The van der Waals surface area contributed by atoms with Gasteiger partial charge >= 0.3 is 0 Å². The molecule has 6 heteroatoms. The normalized spacial score (nSPS) is 30.7. The summed E-state index contributed by atoms with van der Waals surface area (Å²) in [5.41, 5.74) is 12.8. The number of hydrogen-bond acceptors (Lipinski definition) is 6. The third-order valence-electron chi connectivity index (χ3n) is 4.81. The number of Topliss-reactive ketones (excluding diaryl/α,β-unsaturated/α-hetero) is 1. The number of thiazole rings is 1. The van der Waals surface area contributed by atoms with Gasteiger partial charge in [0.25, 0.3) is 0 Å².